The van der Waals surface area contributed by atoms with Crippen LogP contribution in [0, 0.1) is 11.8 Å². The summed E-state index contributed by atoms with van der Waals surface area (Å²) < 4.78 is 10.2. The van der Waals surface area contributed by atoms with Gasteiger partial charge in [-0.05, 0) is 11.5 Å². The Bertz CT molecular complexity index is 634. The molecule has 0 radical (unpaired) electrons. The largest absolute Gasteiger partial charge is 0.464 e. The molecule has 0 spiro atoms. The highest BCUT2D eigenvalue weighted by Gasteiger charge is 2.53. The second-order valence-corrected chi connectivity index (χ2v) is 6.73. The Morgan fingerprint density at radius 3 is 2.40 bits per heavy atom. The molecule has 2 rings (SSSR count). The Kier molecular flexibility index (Phi) is 6.42. The first-order chi connectivity index (χ1) is 11.8. The lowest BCUT2D eigenvalue weighted by molar-refractivity contribution is -0.176. The number of benzene rings is 1. The van der Waals surface area contributed by atoms with E-state index >= 15 is 0 Å². The SMILES string of the molecule is CC(=O)OCC1C(C(C)C)C(=O)N1C(Cl)C(=O)OCc1ccccc1. The summed E-state index contributed by atoms with van der Waals surface area (Å²) >= 11 is 6.16. The van der Waals surface area contributed by atoms with E-state index in [9.17, 15) is 14.4 Å². The van der Waals surface area contributed by atoms with Crippen molar-refractivity contribution in [2.45, 2.75) is 38.9 Å². The van der Waals surface area contributed by atoms with Crippen LogP contribution in [-0.4, -0.2) is 40.9 Å². The van der Waals surface area contributed by atoms with Crippen LogP contribution in [0.25, 0.3) is 0 Å². The smallest absolute Gasteiger partial charge is 0.344 e. The molecular weight excluding hydrogens is 346 g/mol. The van der Waals surface area contributed by atoms with Crippen LogP contribution in [0.4, 0.5) is 0 Å². The number of ether oxygens (including phenoxy) is 2. The predicted molar refractivity (Wildman–Crippen MR) is 91.5 cm³/mol. The summed E-state index contributed by atoms with van der Waals surface area (Å²) in [5.41, 5.74) is -0.419. The van der Waals surface area contributed by atoms with Crippen LogP contribution in [0.1, 0.15) is 26.3 Å². The topological polar surface area (TPSA) is 72.9 Å². The van der Waals surface area contributed by atoms with Gasteiger partial charge in [0.25, 0.3) is 0 Å². The van der Waals surface area contributed by atoms with E-state index in [0.29, 0.717) is 0 Å². The minimum Gasteiger partial charge on any atom is -0.464 e. The first kappa shape index (κ1) is 19.2. The van der Waals surface area contributed by atoms with Gasteiger partial charge >= 0.3 is 11.9 Å². The molecule has 6 nitrogen and oxygen atoms in total. The van der Waals surface area contributed by atoms with Crippen LogP contribution in [-0.2, 0) is 30.5 Å². The van der Waals surface area contributed by atoms with Gasteiger partial charge < -0.3 is 14.4 Å². The number of halogens is 1. The highest BCUT2D eigenvalue weighted by molar-refractivity contribution is 6.30. The molecule has 1 aliphatic rings. The summed E-state index contributed by atoms with van der Waals surface area (Å²) in [5.74, 6) is -1.66. The minimum atomic E-state index is -1.24. The average molecular weight is 368 g/mol. The fourth-order valence-corrected chi connectivity index (χ4v) is 3.20. The molecule has 0 N–H and O–H groups in total. The second-order valence-electron chi connectivity index (χ2n) is 6.31. The van der Waals surface area contributed by atoms with Crippen molar-refractivity contribution in [3.63, 3.8) is 0 Å². The summed E-state index contributed by atoms with van der Waals surface area (Å²) in [6, 6.07) is 8.75. The second kappa shape index (κ2) is 8.34. The maximum Gasteiger partial charge on any atom is 0.344 e. The number of rotatable bonds is 7. The van der Waals surface area contributed by atoms with Crippen LogP contribution in [0.3, 0.4) is 0 Å². The van der Waals surface area contributed by atoms with Gasteiger partial charge in [-0.3, -0.25) is 9.59 Å². The van der Waals surface area contributed by atoms with Crippen molar-refractivity contribution in [3.05, 3.63) is 35.9 Å². The van der Waals surface area contributed by atoms with E-state index in [0.717, 1.165) is 5.56 Å². The van der Waals surface area contributed by atoms with Crippen LogP contribution >= 0.6 is 11.6 Å². The minimum absolute atomic E-state index is 0.0130. The van der Waals surface area contributed by atoms with E-state index in [-0.39, 0.29) is 31.0 Å². The number of amides is 1. The van der Waals surface area contributed by atoms with Crippen LogP contribution in [0.2, 0.25) is 0 Å². The van der Waals surface area contributed by atoms with Crippen molar-refractivity contribution in [2.75, 3.05) is 6.61 Å². The molecule has 1 heterocycles. The van der Waals surface area contributed by atoms with Gasteiger partial charge in [-0.2, -0.15) is 0 Å². The first-order valence-electron chi connectivity index (χ1n) is 8.13. The molecule has 0 saturated carbocycles. The normalized spacial score (nSPS) is 20.8. The number of alkyl halides is 1. The van der Waals surface area contributed by atoms with Gasteiger partial charge in [0.1, 0.15) is 13.2 Å². The number of carbonyl (C=O) groups excluding carboxylic acids is 3. The average Bonchev–Trinajstić information content (AvgIpc) is 2.56. The van der Waals surface area contributed by atoms with Gasteiger partial charge in [-0.1, -0.05) is 55.8 Å². The Morgan fingerprint density at radius 1 is 1.20 bits per heavy atom. The van der Waals surface area contributed by atoms with Crippen molar-refractivity contribution >= 4 is 29.4 Å². The van der Waals surface area contributed by atoms with E-state index < -0.39 is 23.5 Å². The van der Waals surface area contributed by atoms with Gasteiger partial charge in [0, 0.05) is 6.92 Å². The van der Waals surface area contributed by atoms with E-state index in [1.807, 2.05) is 44.2 Å². The van der Waals surface area contributed by atoms with Crippen molar-refractivity contribution in [1.29, 1.82) is 0 Å². The fourth-order valence-electron chi connectivity index (χ4n) is 2.90. The molecular formula is C18H22ClNO5. The van der Waals surface area contributed by atoms with Crippen molar-refractivity contribution < 1.29 is 23.9 Å². The third-order valence-electron chi connectivity index (χ3n) is 4.15. The highest BCUT2D eigenvalue weighted by atomic mass is 35.5. The number of carbonyl (C=O) groups is 3. The molecule has 1 aromatic carbocycles. The van der Waals surface area contributed by atoms with Crippen molar-refractivity contribution in [3.8, 4) is 0 Å². The molecule has 0 bridgehead atoms. The zero-order valence-electron chi connectivity index (χ0n) is 14.5. The van der Waals surface area contributed by atoms with E-state index in [2.05, 4.69) is 0 Å². The molecule has 0 aromatic heterocycles. The maximum absolute atomic E-state index is 12.4. The van der Waals surface area contributed by atoms with E-state index in [4.69, 9.17) is 21.1 Å². The lowest BCUT2D eigenvalue weighted by Crippen LogP contribution is -2.67. The summed E-state index contributed by atoms with van der Waals surface area (Å²) in [4.78, 5) is 36.9. The summed E-state index contributed by atoms with van der Waals surface area (Å²) in [6.07, 6.45) is 0. The molecule has 3 unspecified atom stereocenters. The maximum atomic E-state index is 12.4. The third kappa shape index (κ3) is 4.51. The first-order valence-corrected chi connectivity index (χ1v) is 8.56. The van der Waals surface area contributed by atoms with E-state index in [1.165, 1.54) is 11.8 Å². The van der Waals surface area contributed by atoms with Crippen LogP contribution in [0.5, 0.6) is 0 Å². The number of β-lactam (4-membered cyclic amide) rings is 1. The lowest BCUT2D eigenvalue weighted by Gasteiger charge is -2.49. The predicted octanol–water partition coefficient (Wildman–Crippen LogP) is 2.34. The van der Waals surface area contributed by atoms with Crippen molar-refractivity contribution in [1.82, 2.24) is 4.90 Å². The molecule has 136 valence electrons. The van der Waals surface area contributed by atoms with Crippen LogP contribution in [0.15, 0.2) is 30.3 Å². The quantitative estimate of drug-likeness (QED) is 0.320. The number of esters is 2. The van der Waals surface area contributed by atoms with Crippen LogP contribution < -0.4 is 0 Å². The standard InChI is InChI=1S/C18H22ClNO5/c1-11(2)15-14(10-24-12(3)21)20(17(15)22)16(19)18(23)25-9-13-7-5-4-6-8-13/h4-8,11,14-16H,9-10H2,1-3H3. The Labute approximate surface area is 152 Å². The van der Waals surface area contributed by atoms with Gasteiger partial charge in [-0.25, -0.2) is 4.79 Å². The Hall–Kier alpha value is -2.08. The summed E-state index contributed by atoms with van der Waals surface area (Å²) in [7, 11) is 0. The zero-order valence-corrected chi connectivity index (χ0v) is 15.2. The van der Waals surface area contributed by atoms with Crippen molar-refractivity contribution in [2.24, 2.45) is 11.8 Å². The molecule has 7 heteroatoms. The lowest BCUT2D eigenvalue weighted by atomic mass is 9.79. The number of hydrogen-bond donors (Lipinski definition) is 0. The summed E-state index contributed by atoms with van der Waals surface area (Å²) in [5, 5.41) is 0. The number of nitrogens with zero attached hydrogens (tertiary/aromatic N) is 1. The Morgan fingerprint density at radius 2 is 1.84 bits per heavy atom. The van der Waals surface area contributed by atoms with Gasteiger partial charge in [0.15, 0.2) is 0 Å². The molecule has 1 aromatic rings. The third-order valence-corrected chi connectivity index (χ3v) is 4.54. The molecule has 1 saturated heterocycles. The fraction of sp³-hybridized carbons (Fsp3) is 0.500. The zero-order chi connectivity index (χ0) is 18.6. The molecule has 0 aliphatic carbocycles. The Balaban J connectivity index is 1.99. The number of likely N-dealkylation sites (tertiary alicyclic amines) is 1. The monoisotopic (exact) mass is 367 g/mol. The molecule has 3 atom stereocenters. The molecule has 1 fully saturated rings. The highest BCUT2D eigenvalue weighted by Crippen LogP contribution is 2.36. The van der Waals surface area contributed by atoms with Gasteiger partial charge in [0.05, 0.1) is 12.0 Å². The van der Waals surface area contributed by atoms with E-state index in [1.54, 1.807) is 0 Å². The molecule has 1 aliphatic heterocycles. The molecule has 1 amide bonds. The molecule has 25 heavy (non-hydrogen) atoms. The summed E-state index contributed by atoms with van der Waals surface area (Å²) in [6.45, 7) is 5.18. The van der Waals surface area contributed by atoms with Gasteiger partial charge in [0.2, 0.25) is 11.4 Å². The number of hydrogen-bond acceptors (Lipinski definition) is 5. The van der Waals surface area contributed by atoms with Gasteiger partial charge in [-0.15, -0.1) is 0 Å².